The zero-order valence-corrected chi connectivity index (χ0v) is 8.72. The Labute approximate surface area is 98.5 Å². The maximum atomic E-state index is 13.3. The zero-order valence-electron chi connectivity index (χ0n) is 8.72. The number of nitrogen functional groups attached to an aromatic ring is 1. The molecule has 0 bridgehead atoms. The van der Waals surface area contributed by atoms with Crippen LogP contribution in [0.5, 0.6) is 0 Å². The monoisotopic (exact) mass is 258 g/mol. The van der Waals surface area contributed by atoms with E-state index in [9.17, 15) is 17.6 Å². The fraction of sp³-hybridized carbons (Fsp3) is 0. The van der Waals surface area contributed by atoms with Crippen molar-refractivity contribution in [1.29, 1.82) is 0 Å². The van der Waals surface area contributed by atoms with Gasteiger partial charge < -0.3 is 11.1 Å². The van der Waals surface area contributed by atoms with Gasteiger partial charge in [-0.3, -0.25) is 0 Å². The van der Waals surface area contributed by atoms with Crippen LogP contribution in [-0.2, 0) is 0 Å². The fourth-order valence-corrected chi connectivity index (χ4v) is 1.21. The lowest BCUT2D eigenvalue weighted by atomic mass is 10.3. The Hall–Kier alpha value is -2.38. The van der Waals surface area contributed by atoms with Crippen LogP contribution >= 0.6 is 0 Å². The van der Waals surface area contributed by atoms with E-state index in [2.05, 4.69) is 15.3 Å². The number of nitrogens with zero attached hydrogens (tertiary/aromatic N) is 2. The van der Waals surface area contributed by atoms with Gasteiger partial charge in [0.2, 0.25) is 5.95 Å². The van der Waals surface area contributed by atoms with Crippen LogP contribution in [0.1, 0.15) is 0 Å². The maximum Gasteiger partial charge on any atom is 0.222 e. The molecule has 1 heterocycles. The van der Waals surface area contributed by atoms with E-state index in [0.29, 0.717) is 12.1 Å². The van der Waals surface area contributed by atoms with E-state index in [1.54, 1.807) is 0 Å². The van der Waals surface area contributed by atoms with Gasteiger partial charge in [0.05, 0.1) is 11.9 Å². The molecule has 0 atom stereocenters. The molecule has 4 nitrogen and oxygen atoms in total. The number of rotatable bonds is 2. The molecule has 94 valence electrons. The van der Waals surface area contributed by atoms with Crippen molar-refractivity contribution in [2.45, 2.75) is 0 Å². The standard InChI is InChI=1S/C10H6F4N4/c11-4-1-6(13)8(2-5(4)12)17-9-7(14)3-16-10(15)18-9/h1-3H,(H3,15,16,17,18). The van der Waals surface area contributed by atoms with E-state index < -0.39 is 34.8 Å². The van der Waals surface area contributed by atoms with Gasteiger partial charge in [0, 0.05) is 12.1 Å². The van der Waals surface area contributed by atoms with Crippen LogP contribution in [0.3, 0.4) is 0 Å². The van der Waals surface area contributed by atoms with Crippen molar-refractivity contribution in [1.82, 2.24) is 9.97 Å². The highest BCUT2D eigenvalue weighted by molar-refractivity contribution is 5.58. The molecule has 0 saturated heterocycles. The summed E-state index contributed by atoms with van der Waals surface area (Å²) >= 11 is 0. The Morgan fingerprint density at radius 3 is 2.33 bits per heavy atom. The third kappa shape index (κ3) is 2.31. The predicted octanol–water partition coefficient (Wildman–Crippen LogP) is 2.36. The molecular formula is C10H6F4N4. The summed E-state index contributed by atoms with van der Waals surface area (Å²) < 4.78 is 52.1. The molecule has 2 rings (SSSR count). The Balaban J connectivity index is 2.40. The Morgan fingerprint density at radius 2 is 1.61 bits per heavy atom. The maximum absolute atomic E-state index is 13.3. The lowest BCUT2D eigenvalue weighted by Gasteiger charge is -2.08. The number of hydrogen-bond donors (Lipinski definition) is 2. The average molecular weight is 258 g/mol. The van der Waals surface area contributed by atoms with Crippen LogP contribution in [-0.4, -0.2) is 9.97 Å². The Kier molecular flexibility index (Phi) is 3.00. The minimum absolute atomic E-state index is 0.248. The normalized spacial score (nSPS) is 10.4. The van der Waals surface area contributed by atoms with Gasteiger partial charge in [0.15, 0.2) is 23.3 Å². The molecule has 0 radical (unpaired) electrons. The first-order valence-corrected chi connectivity index (χ1v) is 4.67. The lowest BCUT2D eigenvalue weighted by molar-refractivity contribution is 0.496. The third-order valence-electron chi connectivity index (χ3n) is 2.03. The van der Waals surface area contributed by atoms with Crippen molar-refractivity contribution in [3.8, 4) is 0 Å². The lowest BCUT2D eigenvalue weighted by Crippen LogP contribution is -2.04. The number of anilines is 3. The highest BCUT2D eigenvalue weighted by Gasteiger charge is 2.12. The first kappa shape index (κ1) is 12.1. The van der Waals surface area contributed by atoms with Gasteiger partial charge in [0.25, 0.3) is 0 Å². The molecule has 3 N–H and O–H groups in total. The molecule has 1 aromatic carbocycles. The topological polar surface area (TPSA) is 63.8 Å². The molecule has 0 spiro atoms. The molecule has 0 amide bonds. The molecule has 0 aliphatic rings. The van der Waals surface area contributed by atoms with E-state index >= 15 is 0 Å². The zero-order chi connectivity index (χ0) is 13.3. The number of benzene rings is 1. The largest absolute Gasteiger partial charge is 0.368 e. The SMILES string of the molecule is Nc1ncc(F)c(Nc2cc(F)c(F)cc2F)n1. The number of nitrogens with two attached hydrogens (primary N) is 1. The predicted molar refractivity (Wildman–Crippen MR) is 56.0 cm³/mol. The molecular weight excluding hydrogens is 252 g/mol. The second kappa shape index (κ2) is 4.47. The summed E-state index contributed by atoms with van der Waals surface area (Å²) in [6.45, 7) is 0. The molecule has 0 unspecified atom stereocenters. The van der Waals surface area contributed by atoms with Crippen LogP contribution in [0, 0.1) is 23.3 Å². The first-order valence-electron chi connectivity index (χ1n) is 4.67. The summed E-state index contributed by atoms with van der Waals surface area (Å²) in [4.78, 5) is 6.82. The van der Waals surface area contributed by atoms with Crippen molar-refractivity contribution < 1.29 is 17.6 Å². The average Bonchev–Trinajstić information content (AvgIpc) is 2.30. The Morgan fingerprint density at radius 1 is 0.944 bits per heavy atom. The molecule has 1 aromatic heterocycles. The van der Waals surface area contributed by atoms with Crippen LogP contribution in [0.15, 0.2) is 18.3 Å². The number of nitrogens with one attached hydrogen (secondary N) is 1. The summed E-state index contributed by atoms with van der Waals surface area (Å²) in [5.41, 5.74) is 4.75. The van der Waals surface area contributed by atoms with Gasteiger partial charge in [-0.05, 0) is 0 Å². The molecule has 2 aromatic rings. The van der Waals surface area contributed by atoms with E-state index in [4.69, 9.17) is 5.73 Å². The third-order valence-corrected chi connectivity index (χ3v) is 2.03. The van der Waals surface area contributed by atoms with Crippen LogP contribution in [0.25, 0.3) is 0 Å². The number of halogens is 4. The minimum atomic E-state index is -1.35. The van der Waals surface area contributed by atoms with Crippen molar-refractivity contribution in [2.24, 2.45) is 0 Å². The van der Waals surface area contributed by atoms with Crippen LogP contribution < -0.4 is 11.1 Å². The summed E-state index contributed by atoms with van der Waals surface area (Å²) in [6.07, 6.45) is 0.766. The van der Waals surface area contributed by atoms with Crippen LogP contribution in [0.2, 0.25) is 0 Å². The highest BCUT2D eigenvalue weighted by Crippen LogP contribution is 2.23. The van der Waals surface area contributed by atoms with Crippen LogP contribution in [0.4, 0.5) is 35.0 Å². The number of aromatic nitrogens is 2. The molecule has 0 fully saturated rings. The van der Waals surface area contributed by atoms with E-state index in [-0.39, 0.29) is 5.95 Å². The first-order chi connectivity index (χ1) is 8.47. The fourth-order valence-electron chi connectivity index (χ4n) is 1.21. The van der Waals surface area contributed by atoms with Crippen molar-refractivity contribution >= 4 is 17.5 Å². The molecule has 0 aliphatic carbocycles. The highest BCUT2D eigenvalue weighted by atomic mass is 19.2. The van der Waals surface area contributed by atoms with E-state index in [0.717, 1.165) is 6.20 Å². The molecule has 8 heteroatoms. The van der Waals surface area contributed by atoms with Crippen molar-refractivity contribution in [3.63, 3.8) is 0 Å². The van der Waals surface area contributed by atoms with Crippen molar-refractivity contribution in [2.75, 3.05) is 11.1 Å². The second-order valence-corrected chi connectivity index (χ2v) is 3.30. The van der Waals surface area contributed by atoms with Gasteiger partial charge in [0.1, 0.15) is 5.82 Å². The summed E-state index contributed by atoms with van der Waals surface area (Å²) in [7, 11) is 0. The van der Waals surface area contributed by atoms with Gasteiger partial charge in [-0.25, -0.2) is 22.5 Å². The molecule has 0 saturated carbocycles. The van der Waals surface area contributed by atoms with E-state index in [1.807, 2.05) is 0 Å². The smallest absolute Gasteiger partial charge is 0.222 e. The van der Waals surface area contributed by atoms with Crippen molar-refractivity contribution in [3.05, 3.63) is 41.6 Å². The van der Waals surface area contributed by atoms with Gasteiger partial charge in [-0.1, -0.05) is 0 Å². The van der Waals surface area contributed by atoms with Gasteiger partial charge in [-0.2, -0.15) is 4.98 Å². The quantitative estimate of drug-likeness (QED) is 0.641. The number of hydrogen-bond acceptors (Lipinski definition) is 4. The van der Waals surface area contributed by atoms with E-state index in [1.165, 1.54) is 0 Å². The Bertz CT molecular complexity index is 603. The summed E-state index contributed by atoms with van der Waals surface area (Å²) in [5.74, 6) is -5.31. The summed E-state index contributed by atoms with van der Waals surface area (Å²) in [5, 5.41) is 2.16. The molecule has 18 heavy (non-hydrogen) atoms. The van der Waals surface area contributed by atoms with Gasteiger partial charge in [-0.15, -0.1) is 0 Å². The summed E-state index contributed by atoms with van der Waals surface area (Å²) in [6, 6.07) is 0.878. The second-order valence-electron chi connectivity index (χ2n) is 3.30. The van der Waals surface area contributed by atoms with Gasteiger partial charge >= 0.3 is 0 Å². The minimum Gasteiger partial charge on any atom is -0.368 e. The molecule has 0 aliphatic heterocycles.